The number of hydrogen-bond acceptors (Lipinski definition) is 4. The van der Waals surface area contributed by atoms with Gasteiger partial charge in [-0.2, -0.15) is 0 Å². The Hall–Kier alpha value is -1.44. The van der Waals surface area contributed by atoms with Crippen LogP contribution in [-0.4, -0.2) is 45.4 Å². The van der Waals surface area contributed by atoms with E-state index in [9.17, 15) is 13.2 Å². The van der Waals surface area contributed by atoms with E-state index in [1.165, 1.54) is 18.6 Å². The lowest BCUT2D eigenvalue weighted by atomic mass is 10.0. The fraction of sp³-hybridized carbons (Fsp3) is 0.562. The Bertz CT molecular complexity index is 673. The molecule has 128 valence electrons. The van der Waals surface area contributed by atoms with E-state index in [0.717, 1.165) is 19.5 Å². The van der Waals surface area contributed by atoms with E-state index in [0.29, 0.717) is 24.6 Å². The predicted octanol–water partition coefficient (Wildman–Crippen LogP) is 1.10. The molecule has 0 saturated carbocycles. The van der Waals surface area contributed by atoms with Crippen LogP contribution in [0.3, 0.4) is 0 Å². The molecule has 1 fully saturated rings. The summed E-state index contributed by atoms with van der Waals surface area (Å²) in [4.78, 5) is 13.7. The van der Waals surface area contributed by atoms with E-state index < -0.39 is 15.9 Å². The van der Waals surface area contributed by atoms with Crippen LogP contribution in [0.15, 0.2) is 23.1 Å². The minimum absolute atomic E-state index is 0.0731. The largest absolute Gasteiger partial charge is 0.366 e. The van der Waals surface area contributed by atoms with Crippen molar-refractivity contribution in [2.24, 2.45) is 11.7 Å². The van der Waals surface area contributed by atoms with E-state index in [2.05, 4.69) is 16.5 Å². The third-order valence-corrected chi connectivity index (χ3v) is 5.70. The minimum atomic E-state index is -3.63. The van der Waals surface area contributed by atoms with Gasteiger partial charge in [-0.15, -0.1) is 0 Å². The molecule has 0 spiro atoms. The number of carbonyl (C=O) groups is 1. The second kappa shape index (κ2) is 7.42. The standard InChI is InChI=1S/C16H25N3O3S/c1-12-4-3-8-19(11-12)9-7-18-23(21,22)14-6-5-13(2)15(10-14)16(17)20/h5-6,10,12,18H,3-4,7-9,11H2,1-2H3,(H2,17,20). The SMILES string of the molecule is Cc1ccc(S(=O)(=O)NCCN2CCCC(C)C2)cc1C(N)=O. The predicted molar refractivity (Wildman–Crippen MR) is 89.7 cm³/mol. The van der Waals surface area contributed by atoms with Gasteiger partial charge in [0.2, 0.25) is 15.9 Å². The van der Waals surface area contributed by atoms with Crippen LogP contribution in [0.5, 0.6) is 0 Å². The molecule has 0 aromatic heterocycles. The van der Waals surface area contributed by atoms with Gasteiger partial charge in [0.05, 0.1) is 4.90 Å². The molecule has 1 amide bonds. The number of nitrogens with two attached hydrogens (primary N) is 1. The summed E-state index contributed by atoms with van der Waals surface area (Å²) in [5, 5.41) is 0. The maximum Gasteiger partial charge on any atom is 0.249 e. The number of aryl methyl sites for hydroxylation is 1. The number of carbonyl (C=O) groups excluding carboxylic acids is 1. The average molecular weight is 339 g/mol. The number of nitrogens with zero attached hydrogens (tertiary/aromatic N) is 1. The van der Waals surface area contributed by atoms with E-state index in [1.807, 2.05) is 0 Å². The number of nitrogens with one attached hydrogen (secondary N) is 1. The molecular weight excluding hydrogens is 314 g/mol. The first-order valence-corrected chi connectivity index (χ1v) is 9.40. The second-order valence-corrected chi connectivity index (χ2v) is 8.05. The molecule has 1 unspecified atom stereocenters. The van der Waals surface area contributed by atoms with Crippen molar-refractivity contribution in [2.75, 3.05) is 26.2 Å². The van der Waals surface area contributed by atoms with Crippen LogP contribution in [-0.2, 0) is 10.0 Å². The van der Waals surface area contributed by atoms with E-state index in [1.54, 1.807) is 13.0 Å². The molecule has 2 rings (SSSR count). The zero-order chi connectivity index (χ0) is 17.0. The van der Waals surface area contributed by atoms with Gasteiger partial charge in [-0.05, 0) is 49.9 Å². The molecule has 1 aromatic rings. The first kappa shape index (κ1) is 17.9. The van der Waals surface area contributed by atoms with Crippen molar-refractivity contribution in [3.05, 3.63) is 29.3 Å². The van der Waals surface area contributed by atoms with Gasteiger partial charge < -0.3 is 10.6 Å². The molecule has 0 radical (unpaired) electrons. The van der Waals surface area contributed by atoms with Crippen LogP contribution in [0.2, 0.25) is 0 Å². The Kier molecular flexibility index (Phi) is 5.78. The Morgan fingerprint density at radius 1 is 1.43 bits per heavy atom. The van der Waals surface area contributed by atoms with Crippen molar-refractivity contribution in [3.63, 3.8) is 0 Å². The fourth-order valence-corrected chi connectivity index (χ4v) is 3.99. The maximum absolute atomic E-state index is 12.3. The number of primary amides is 1. The van der Waals surface area contributed by atoms with Crippen LogP contribution in [0.1, 0.15) is 35.7 Å². The first-order chi connectivity index (χ1) is 10.8. The van der Waals surface area contributed by atoms with Gasteiger partial charge in [0.15, 0.2) is 0 Å². The van der Waals surface area contributed by atoms with Crippen molar-refractivity contribution in [3.8, 4) is 0 Å². The molecular formula is C16H25N3O3S. The van der Waals surface area contributed by atoms with Gasteiger partial charge in [-0.3, -0.25) is 4.79 Å². The molecule has 1 saturated heterocycles. The Morgan fingerprint density at radius 2 is 2.17 bits per heavy atom. The molecule has 0 bridgehead atoms. The Morgan fingerprint density at radius 3 is 2.83 bits per heavy atom. The van der Waals surface area contributed by atoms with Gasteiger partial charge in [-0.25, -0.2) is 13.1 Å². The van der Waals surface area contributed by atoms with Crippen molar-refractivity contribution in [1.82, 2.24) is 9.62 Å². The van der Waals surface area contributed by atoms with Crippen molar-refractivity contribution < 1.29 is 13.2 Å². The summed E-state index contributed by atoms with van der Waals surface area (Å²) >= 11 is 0. The highest BCUT2D eigenvalue weighted by atomic mass is 32.2. The van der Waals surface area contributed by atoms with E-state index in [4.69, 9.17) is 5.73 Å². The second-order valence-electron chi connectivity index (χ2n) is 6.29. The quantitative estimate of drug-likeness (QED) is 0.812. The monoisotopic (exact) mass is 339 g/mol. The molecule has 23 heavy (non-hydrogen) atoms. The summed E-state index contributed by atoms with van der Waals surface area (Å²) in [6.07, 6.45) is 2.40. The third-order valence-electron chi connectivity index (χ3n) is 4.25. The summed E-state index contributed by atoms with van der Waals surface area (Å²) in [5.74, 6) is 0.0393. The van der Waals surface area contributed by atoms with Gasteiger partial charge in [0.25, 0.3) is 0 Å². The average Bonchev–Trinajstić information content (AvgIpc) is 2.47. The van der Waals surface area contributed by atoms with Gasteiger partial charge in [-0.1, -0.05) is 13.0 Å². The van der Waals surface area contributed by atoms with Gasteiger partial charge in [0, 0.05) is 25.2 Å². The van der Waals surface area contributed by atoms with Gasteiger partial charge in [0.1, 0.15) is 0 Å². The fourth-order valence-electron chi connectivity index (χ4n) is 2.94. The molecule has 1 atom stereocenters. The lowest BCUT2D eigenvalue weighted by Crippen LogP contribution is -2.40. The Labute approximate surface area is 138 Å². The lowest BCUT2D eigenvalue weighted by molar-refractivity contribution is 0.0999. The zero-order valence-electron chi connectivity index (χ0n) is 13.7. The molecule has 1 heterocycles. The number of benzene rings is 1. The van der Waals surface area contributed by atoms with Crippen LogP contribution >= 0.6 is 0 Å². The van der Waals surface area contributed by atoms with E-state index in [-0.39, 0.29) is 10.5 Å². The Balaban J connectivity index is 1.99. The molecule has 1 aliphatic rings. The summed E-state index contributed by atoms with van der Waals surface area (Å²) in [6.45, 7) is 7.02. The number of likely N-dealkylation sites (tertiary alicyclic amines) is 1. The molecule has 6 nitrogen and oxygen atoms in total. The molecule has 1 aliphatic heterocycles. The molecule has 7 heteroatoms. The molecule has 1 aromatic carbocycles. The highest BCUT2D eigenvalue weighted by Crippen LogP contribution is 2.16. The summed E-state index contributed by atoms with van der Waals surface area (Å²) in [5.41, 5.74) is 6.18. The normalized spacial score (nSPS) is 19.7. The lowest BCUT2D eigenvalue weighted by Gasteiger charge is -2.30. The zero-order valence-corrected chi connectivity index (χ0v) is 14.5. The summed E-state index contributed by atoms with van der Waals surface area (Å²) in [6, 6.07) is 4.43. The van der Waals surface area contributed by atoms with Crippen LogP contribution in [0.25, 0.3) is 0 Å². The number of sulfonamides is 1. The topological polar surface area (TPSA) is 92.5 Å². The van der Waals surface area contributed by atoms with Crippen LogP contribution in [0, 0.1) is 12.8 Å². The summed E-state index contributed by atoms with van der Waals surface area (Å²) in [7, 11) is -3.63. The van der Waals surface area contributed by atoms with Crippen LogP contribution in [0.4, 0.5) is 0 Å². The van der Waals surface area contributed by atoms with E-state index >= 15 is 0 Å². The van der Waals surface area contributed by atoms with Crippen LogP contribution < -0.4 is 10.5 Å². The number of rotatable bonds is 6. The maximum atomic E-state index is 12.3. The minimum Gasteiger partial charge on any atom is -0.366 e. The van der Waals surface area contributed by atoms with Crippen molar-refractivity contribution >= 4 is 15.9 Å². The molecule has 0 aliphatic carbocycles. The number of hydrogen-bond donors (Lipinski definition) is 2. The molecule has 3 N–H and O–H groups in total. The van der Waals surface area contributed by atoms with Gasteiger partial charge >= 0.3 is 0 Å². The number of piperidine rings is 1. The smallest absolute Gasteiger partial charge is 0.249 e. The number of amides is 1. The van der Waals surface area contributed by atoms with Crippen molar-refractivity contribution in [2.45, 2.75) is 31.6 Å². The first-order valence-electron chi connectivity index (χ1n) is 7.92. The van der Waals surface area contributed by atoms with Crippen molar-refractivity contribution in [1.29, 1.82) is 0 Å². The highest BCUT2D eigenvalue weighted by molar-refractivity contribution is 7.89. The summed E-state index contributed by atoms with van der Waals surface area (Å²) < 4.78 is 27.3. The third kappa shape index (κ3) is 4.76. The highest BCUT2D eigenvalue weighted by Gasteiger charge is 2.19.